The maximum Gasteiger partial charge on any atom is 0.382 e. The molecule has 1 aromatic carbocycles. The molecule has 244 valence electrons. The molecule has 3 aromatic heterocycles. The lowest BCUT2D eigenvalue weighted by molar-refractivity contribution is -0.148. The quantitative estimate of drug-likeness (QED) is 0.242. The summed E-state index contributed by atoms with van der Waals surface area (Å²) in [6.07, 6.45) is 2.96. The number of carbonyl (C=O) groups is 2. The van der Waals surface area contributed by atoms with Crippen LogP contribution in [0.15, 0.2) is 45.7 Å². The van der Waals surface area contributed by atoms with E-state index in [1.807, 2.05) is 11.8 Å². The van der Waals surface area contributed by atoms with E-state index in [4.69, 9.17) is 16.0 Å². The highest BCUT2D eigenvalue weighted by molar-refractivity contribution is 6.30. The lowest BCUT2D eigenvalue weighted by atomic mass is 9.79. The van der Waals surface area contributed by atoms with Gasteiger partial charge < -0.3 is 24.5 Å². The lowest BCUT2D eigenvalue weighted by Gasteiger charge is -2.41. The van der Waals surface area contributed by atoms with E-state index in [1.54, 1.807) is 31.2 Å². The minimum atomic E-state index is -4.06. The van der Waals surface area contributed by atoms with E-state index < -0.39 is 34.8 Å². The number of halogens is 4. The largest absolute Gasteiger partial charge is 0.450 e. The van der Waals surface area contributed by atoms with Gasteiger partial charge in [-0.25, -0.2) is 14.4 Å². The SMILES string of the molecule is C[C@@H]1CCCN1c1nc(C(F)(F)C(=O)NCCCC(=O)N2CC[C@](F)(c3cc(Cl)c[nH]c3=O)[C@@H](C)C2)nc2c1oc1ccccc12. The summed E-state index contributed by atoms with van der Waals surface area (Å²) in [5.41, 5.74) is -1.63. The van der Waals surface area contributed by atoms with Gasteiger partial charge in [0.2, 0.25) is 11.7 Å². The van der Waals surface area contributed by atoms with Crippen molar-refractivity contribution in [1.82, 2.24) is 25.2 Å². The van der Waals surface area contributed by atoms with Crippen LogP contribution in [-0.2, 0) is 21.2 Å². The number of pyridine rings is 1. The van der Waals surface area contributed by atoms with Crippen LogP contribution in [0, 0.1) is 5.92 Å². The number of H-pyrrole nitrogens is 1. The molecule has 6 rings (SSSR count). The van der Waals surface area contributed by atoms with Crippen LogP contribution in [0.25, 0.3) is 22.1 Å². The summed E-state index contributed by atoms with van der Waals surface area (Å²) in [5, 5.41) is 2.97. The predicted octanol–water partition coefficient (Wildman–Crippen LogP) is 5.43. The van der Waals surface area contributed by atoms with E-state index in [-0.39, 0.29) is 72.8 Å². The number of fused-ring (bicyclic) bond motifs is 3. The van der Waals surface area contributed by atoms with Crippen molar-refractivity contribution in [3.63, 3.8) is 0 Å². The molecule has 0 aliphatic carbocycles. The average Bonchev–Trinajstić information content (AvgIpc) is 3.64. The minimum absolute atomic E-state index is 0.0443. The number of benzene rings is 1. The second-order valence-corrected chi connectivity index (χ2v) is 12.6. The van der Waals surface area contributed by atoms with Crippen molar-refractivity contribution in [1.29, 1.82) is 0 Å². The van der Waals surface area contributed by atoms with E-state index in [1.165, 1.54) is 17.2 Å². The number of likely N-dealkylation sites (tertiary alicyclic amines) is 1. The number of alkyl halides is 3. The van der Waals surface area contributed by atoms with E-state index in [2.05, 4.69) is 20.3 Å². The zero-order chi connectivity index (χ0) is 32.8. The van der Waals surface area contributed by atoms with Gasteiger partial charge in [-0.05, 0) is 44.4 Å². The van der Waals surface area contributed by atoms with Crippen LogP contribution in [0.2, 0.25) is 5.02 Å². The smallest absolute Gasteiger partial charge is 0.382 e. The maximum absolute atomic E-state index is 15.9. The molecule has 2 amide bonds. The molecular formula is C32H34ClF3N6O4. The Balaban J connectivity index is 1.10. The van der Waals surface area contributed by atoms with Crippen molar-refractivity contribution < 1.29 is 27.2 Å². The molecule has 0 radical (unpaired) electrons. The second kappa shape index (κ2) is 12.2. The number of para-hydroxylation sites is 1. The number of carbonyl (C=O) groups excluding carboxylic acids is 2. The molecule has 0 spiro atoms. The Kier molecular flexibility index (Phi) is 8.47. The number of furan rings is 1. The molecule has 2 aliphatic heterocycles. The standard InChI is InChI=1S/C32H34ClF3N6O4/c1-18-17-41(14-11-31(18,34)22-15-20(33)16-38-28(22)44)24(43)10-5-12-37-30(45)32(35,36)29-39-25-21-8-3-4-9-23(21)46-26(25)27(40-29)42-13-6-7-19(42)2/h3-4,8-9,15-16,18-19H,5-7,10-14,17H2,1-2H3,(H,37,45)(H,38,44)/t18-,19+,31+/m0/s1. The Morgan fingerprint density at radius 1 is 1.22 bits per heavy atom. The van der Waals surface area contributed by atoms with Crippen LogP contribution in [0.4, 0.5) is 19.0 Å². The third-order valence-corrected chi connectivity index (χ3v) is 9.35. The third kappa shape index (κ3) is 5.69. The monoisotopic (exact) mass is 658 g/mol. The highest BCUT2D eigenvalue weighted by Gasteiger charge is 2.47. The van der Waals surface area contributed by atoms with E-state index >= 15 is 13.2 Å². The summed E-state index contributed by atoms with van der Waals surface area (Å²) in [6.45, 7) is 4.14. The molecule has 2 N–H and O–H groups in total. The predicted molar refractivity (Wildman–Crippen MR) is 167 cm³/mol. The van der Waals surface area contributed by atoms with Gasteiger partial charge in [0.1, 0.15) is 16.8 Å². The van der Waals surface area contributed by atoms with Crippen LogP contribution in [-0.4, -0.2) is 63.9 Å². The van der Waals surface area contributed by atoms with Crippen LogP contribution in [0.1, 0.15) is 57.3 Å². The number of amides is 2. The molecule has 10 nitrogen and oxygen atoms in total. The van der Waals surface area contributed by atoms with Gasteiger partial charge in [-0.1, -0.05) is 30.7 Å². The summed E-state index contributed by atoms with van der Waals surface area (Å²) >= 11 is 5.97. The van der Waals surface area contributed by atoms with E-state index in [0.29, 0.717) is 23.1 Å². The zero-order valence-electron chi connectivity index (χ0n) is 25.4. The summed E-state index contributed by atoms with van der Waals surface area (Å²) in [6, 6.07) is 8.32. The number of aromatic amines is 1. The lowest BCUT2D eigenvalue weighted by Crippen LogP contribution is -2.50. The second-order valence-electron chi connectivity index (χ2n) is 12.2. The number of anilines is 1. The first kappa shape index (κ1) is 31.8. The Morgan fingerprint density at radius 3 is 2.74 bits per heavy atom. The van der Waals surface area contributed by atoms with Gasteiger partial charge in [-0.3, -0.25) is 14.4 Å². The summed E-state index contributed by atoms with van der Waals surface area (Å²) in [4.78, 5) is 52.1. The van der Waals surface area contributed by atoms with Crippen molar-refractivity contribution in [3.05, 3.63) is 63.3 Å². The number of piperidine rings is 1. The molecular weight excluding hydrogens is 625 g/mol. The van der Waals surface area contributed by atoms with Crippen LogP contribution < -0.4 is 15.8 Å². The van der Waals surface area contributed by atoms with Crippen molar-refractivity contribution in [2.75, 3.05) is 31.1 Å². The van der Waals surface area contributed by atoms with Gasteiger partial charge in [0.05, 0.1) is 10.6 Å². The van der Waals surface area contributed by atoms with Crippen LogP contribution in [0.5, 0.6) is 0 Å². The molecule has 2 fully saturated rings. The van der Waals surface area contributed by atoms with Crippen LogP contribution >= 0.6 is 11.6 Å². The van der Waals surface area contributed by atoms with Gasteiger partial charge >= 0.3 is 5.92 Å². The molecule has 2 aliphatic rings. The number of hydrogen-bond acceptors (Lipinski definition) is 7. The fourth-order valence-electron chi connectivity index (χ4n) is 6.47. The van der Waals surface area contributed by atoms with E-state index in [0.717, 1.165) is 12.8 Å². The van der Waals surface area contributed by atoms with Gasteiger partial charge in [-0.2, -0.15) is 8.78 Å². The molecule has 5 heterocycles. The van der Waals surface area contributed by atoms with Crippen molar-refractivity contribution in [2.24, 2.45) is 5.92 Å². The molecule has 3 atom stereocenters. The normalized spacial score (nSPS) is 22.1. The fourth-order valence-corrected chi connectivity index (χ4v) is 6.64. The minimum Gasteiger partial charge on any atom is -0.450 e. The van der Waals surface area contributed by atoms with Crippen LogP contribution in [0.3, 0.4) is 0 Å². The van der Waals surface area contributed by atoms with Gasteiger partial charge in [0.15, 0.2) is 11.4 Å². The number of nitrogens with one attached hydrogen (secondary N) is 2. The third-order valence-electron chi connectivity index (χ3n) is 9.14. The molecule has 0 bridgehead atoms. The molecule has 0 saturated carbocycles. The topological polar surface area (TPSA) is 124 Å². The zero-order valence-corrected chi connectivity index (χ0v) is 26.2. The average molecular weight is 659 g/mol. The fraction of sp³-hybridized carbons (Fsp3) is 0.469. The highest BCUT2D eigenvalue weighted by Crippen LogP contribution is 2.41. The van der Waals surface area contributed by atoms with Crippen molar-refractivity contribution in [2.45, 2.75) is 63.6 Å². The molecule has 4 aromatic rings. The highest BCUT2D eigenvalue weighted by atomic mass is 35.5. The first-order valence-corrected chi connectivity index (χ1v) is 15.8. The summed E-state index contributed by atoms with van der Waals surface area (Å²) in [5.74, 6) is -7.33. The van der Waals surface area contributed by atoms with Gasteiger partial charge in [0.25, 0.3) is 11.5 Å². The Hall–Kier alpha value is -4.13. The Morgan fingerprint density at radius 2 is 2.00 bits per heavy atom. The molecule has 46 heavy (non-hydrogen) atoms. The summed E-state index contributed by atoms with van der Waals surface area (Å²) in [7, 11) is 0. The maximum atomic E-state index is 15.9. The van der Waals surface area contributed by atoms with Gasteiger partial charge in [0, 0.05) is 62.6 Å². The Bertz CT molecular complexity index is 1860. The first-order chi connectivity index (χ1) is 21.9. The van der Waals surface area contributed by atoms with Crippen molar-refractivity contribution >= 4 is 51.3 Å². The molecule has 14 heteroatoms. The first-order valence-electron chi connectivity index (χ1n) is 15.4. The number of aromatic nitrogens is 3. The number of hydrogen-bond donors (Lipinski definition) is 2. The van der Waals surface area contributed by atoms with E-state index in [9.17, 15) is 14.4 Å². The number of nitrogens with zero attached hydrogens (tertiary/aromatic N) is 4. The Labute approximate surface area is 267 Å². The molecule has 2 saturated heterocycles. The molecule has 0 unspecified atom stereocenters. The van der Waals surface area contributed by atoms with Gasteiger partial charge in [-0.15, -0.1) is 0 Å². The summed E-state index contributed by atoms with van der Waals surface area (Å²) < 4.78 is 53.1. The van der Waals surface area contributed by atoms with Crippen molar-refractivity contribution in [3.8, 4) is 0 Å². The number of rotatable bonds is 8.